The lowest BCUT2D eigenvalue weighted by atomic mass is 10.0. The molecular formula is C25H21F3N4O3. The van der Waals surface area contributed by atoms with Crippen LogP contribution in [-0.4, -0.2) is 38.2 Å². The predicted molar refractivity (Wildman–Crippen MR) is 120 cm³/mol. The van der Waals surface area contributed by atoms with Crippen molar-refractivity contribution in [2.24, 2.45) is 7.05 Å². The van der Waals surface area contributed by atoms with E-state index >= 15 is 0 Å². The summed E-state index contributed by atoms with van der Waals surface area (Å²) in [6.45, 7) is 1.86. The number of fused-ring (bicyclic) bond motifs is 1. The molecule has 3 heterocycles. The van der Waals surface area contributed by atoms with E-state index in [4.69, 9.17) is 0 Å². The van der Waals surface area contributed by atoms with Crippen LogP contribution in [0.15, 0.2) is 42.6 Å². The van der Waals surface area contributed by atoms with E-state index in [1.54, 1.807) is 36.9 Å². The quantitative estimate of drug-likeness (QED) is 0.575. The Labute approximate surface area is 198 Å². The first-order chi connectivity index (χ1) is 16.5. The zero-order chi connectivity index (χ0) is 25.1. The maximum absolute atomic E-state index is 13.0. The van der Waals surface area contributed by atoms with Crippen molar-refractivity contribution in [2.75, 3.05) is 0 Å². The lowest BCUT2D eigenvalue weighted by molar-refractivity contribution is -0.138. The van der Waals surface area contributed by atoms with E-state index in [0.29, 0.717) is 28.2 Å². The highest BCUT2D eigenvalue weighted by atomic mass is 19.4. The first kappa shape index (κ1) is 22.8. The van der Waals surface area contributed by atoms with Gasteiger partial charge in [-0.25, -0.2) is 4.98 Å². The van der Waals surface area contributed by atoms with Crippen LogP contribution in [0, 0.1) is 6.92 Å². The highest BCUT2D eigenvalue weighted by Gasteiger charge is 2.39. The molecule has 2 aromatic carbocycles. The molecule has 1 N–H and O–H groups in total. The first-order valence-electron chi connectivity index (χ1n) is 11.0. The van der Waals surface area contributed by atoms with Crippen LogP contribution in [0.1, 0.15) is 39.9 Å². The summed E-state index contributed by atoms with van der Waals surface area (Å²) in [5.41, 5.74) is 2.93. The third-order valence-electron chi connectivity index (χ3n) is 6.49. The average Bonchev–Trinajstić information content (AvgIpc) is 3.33. The molecule has 1 aromatic heterocycles. The number of alkyl halides is 3. The molecule has 1 saturated heterocycles. The van der Waals surface area contributed by atoms with Crippen LogP contribution in [0.4, 0.5) is 13.2 Å². The second-order valence-corrected chi connectivity index (χ2v) is 8.86. The lowest BCUT2D eigenvalue weighted by Crippen LogP contribution is -2.52. The van der Waals surface area contributed by atoms with Crippen LogP contribution in [0.2, 0.25) is 0 Å². The van der Waals surface area contributed by atoms with E-state index in [1.807, 2.05) is 6.07 Å². The van der Waals surface area contributed by atoms with Crippen molar-refractivity contribution in [3.05, 3.63) is 64.8 Å². The van der Waals surface area contributed by atoms with E-state index in [9.17, 15) is 27.6 Å². The maximum atomic E-state index is 13.0. The van der Waals surface area contributed by atoms with Gasteiger partial charge in [0.25, 0.3) is 5.91 Å². The Balaban J connectivity index is 1.43. The molecule has 5 rings (SSSR count). The van der Waals surface area contributed by atoms with Crippen LogP contribution in [0.25, 0.3) is 22.6 Å². The van der Waals surface area contributed by atoms with Gasteiger partial charge in [0.2, 0.25) is 11.8 Å². The van der Waals surface area contributed by atoms with Crippen molar-refractivity contribution in [3.63, 3.8) is 0 Å². The molecule has 2 aliphatic heterocycles. The molecule has 1 fully saturated rings. The van der Waals surface area contributed by atoms with Gasteiger partial charge in [0, 0.05) is 42.9 Å². The van der Waals surface area contributed by atoms with Gasteiger partial charge in [0.15, 0.2) is 0 Å². The highest BCUT2D eigenvalue weighted by molar-refractivity contribution is 6.05. The van der Waals surface area contributed by atoms with Gasteiger partial charge >= 0.3 is 6.18 Å². The number of hydrogen-bond acceptors (Lipinski definition) is 4. The lowest BCUT2D eigenvalue weighted by Gasteiger charge is -2.29. The zero-order valence-corrected chi connectivity index (χ0v) is 18.9. The molecule has 3 amide bonds. The normalized spacial score (nSPS) is 18.1. The Hall–Kier alpha value is -3.95. The minimum absolute atomic E-state index is 0.182. The monoisotopic (exact) mass is 482 g/mol. The fourth-order valence-corrected chi connectivity index (χ4v) is 4.68. The minimum Gasteiger partial charge on any atom is -0.333 e. The molecule has 0 saturated carbocycles. The standard InChI is InChI=1S/C25H21F3N4O3/c1-13-9-16(25(26,27)28)4-6-17(13)22-29-19(12-31(22)2)14-3-5-18-15(10-14)11-32(24(18)35)20-7-8-21(33)30-23(20)34/h3-6,9-10,12,20H,7-8,11H2,1-2H3,(H,30,33,34). The van der Waals surface area contributed by atoms with E-state index in [-0.39, 0.29) is 31.2 Å². The van der Waals surface area contributed by atoms with Crippen molar-refractivity contribution in [2.45, 2.75) is 38.5 Å². The Morgan fingerprint density at radius 3 is 2.49 bits per heavy atom. The summed E-state index contributed by atoms with van der Waals surface area (Å²) in [5.74, 6) is -0.549. The summed E-state index contributed by atoms with van der Waals surface area (Å²) in [4.78, 5) is 42.8. The van der Waals surface area contributed by atoms with Crippen LogP contribution < -0.4 is 5.32 Å². The van der Waals surface area contributed by atoms with Crippen LogP contribution >= 0.6 is 0 Å². The Bertz CT molecular complexity index is 1390. The predicted octanol–water partition coefficient (Wildman–Crippen LogP) is 3.84. The number of aryl methyl sites for hydroxylation is 2. The van der Waals surface area contributed by atoms with Gasteiger partial charge in [0.05, 0.1) is 11.3 Å². The second-order valence-electron chi connectivity index (χ2n) is 8.86. The number of halogens is 3. The van der Waals surface area contributed by atoms with Crippen molar-refractivity contribution in [3.8, 4) is 22.6 Å². The number of hydrogen-bond donors (Lipinski definition) is 1. The zero-order valence-electron chi connectivity index (χ0n) is 18.9. The third kappa shape index (κ3) is 3.98. The summed E-state index contributed by atoms with van der Waals surface area (Å²) in [5, 5.41) is 2.28. The van der Waals surface area contributed by atoms with Gasteiger partial charge in [-0.2, -0.15) is 13.2 Å². The van der Waals surface area contributed by atoms with E-state index in [2.05, 4.69) is 10.3 Å². The number of piperidine rings is 1. The highest BCUT2D eigenvalue weighted by Crippen LogP contribution is 2.35. The van der Waals surface area contributed by atoms with Gasteiger partial charge in [-0.3, -0.25) is 19.7 Å². The Kier molecular flexibility index (Phi) is 5.26. The van der Waals surface area contributed by atoms with Gasteiger partial charge < -0.3 is 9.47 Å². The number of nitrogens with one attached hydrogen (secondary N) is 1. The SMILES string of the molecule is Cc1cc(C(F)(F)F)ccc1-c1nc(-c2ccc3c(c2)CN(C2CCC(=O)NC2=O)C3=O)cn1C. The summed E-state index contributed by atoms with van der Waals surface area (Å²) in [7, 11) is 1.77. The van der Waals surface area contributed by atoms with Crippen molar-refractivity contribution < 1.29 is 27.6 Å². The Morgan fingerprint density at radius 1 is 1.06 bits per heavy atom. The van der Waals surface area contributed by atoms with Crippen LogP contribution in [0.3, 0.4) is 0 Å². The first-order valence-corrected chi connectivity index (χ1v) is 11.0. The molecule has 3 aromatic rings. The Morgan fingerprint density at radius 2 is 1.80 bits per heavy atom. The molecule has 7 nitrogen and oxygen atoms in total. The number of aromatic nitrogens is 2. The number of nitrogens with zero attached hydrogens (tertiary/aromatic N) is 3. The van der Waals surface area contributed by atoms with Gasteiger partial charge in [-0.1, -0.05) is 12.1 Å². The number of carbonyl (C=O) groups is 3. The largest absolute Gasteiger partial charge is 0.416 e. The van der Waals surface area contributed by atoms with Crippen molar-refractivity contribution in [1.82, 2.24) is 19.8 Å². The van der Waals surface area contributed by atoms with Crippen LogP contribution in [0.5, 0.6) is 0 Å². The number of imide groups is 1. The summed E-state index contributed by atoms with van der Waals surface area (Å²) in [6, 6.07) is 8.16. The molecular weight excluding hydrogens is 461 g/mol. The van der Waals surface area contributed by atoms with Crippen molar-refractivity contribution in [1.29, 1.82) is 0 Å². The fraction of sp³-hybridized carbons (Fsp3) is 0.280. The van der Waals surface area contributed by atoms with E-state index in [1.165, 1.54) is 11.0 Å². The molecule has 0 spiro atoms. The number of carbonyl (C=O) groups excluding carboxylic acids is 3. The summed E-state index contributed by atoms with van der Waals surface area (Å²) in [6.07, 6.45) is -2.17. The summed E-state index contributed by atoms with van der Waals surface area (Å²) < 4.78 is 40.9. The van der Waals surface area contributed by atoms with E-state index < -0.39 is 23.7 Å². The van der Waals surface area contributed by atoms with Gasteiger partial charge in [-0.15, -0.1) is 0 Å². The van der Waals surface area contributed by atoms with Gasteiger partial charge in [-0.05, 0) is 48.7 Å². The molecule has 2 aliphatic rings. The van der Waals surface area contributed by atoms with E-state index in [0.717, 1.165) is 23.3 Å². The topological polar surface area (TPSA) is 84.3 Å². The number of rotatable bonds is 3. The molecule has 1 unspecified atom stereocenters. The molecule has 0 bridgehead atoms. The second kappa shape index (κ2) is 8.07. The fourth-order valence-electron chi connectivity index (χ4n) is 4.68. The van der Waals surface area contributed by atoms with Crippen LogP contribution in [-0.2, 0) is 29.4 Å². The van der Waals surface area contributed by atoms with Gasteiger partial charge in [0.1, 0.15) is 11.9 Å². The summed E-state index contributed by atoms with van der Waals surface area (Å²) >= 11 is 0. The average molecular weight is 482 g/mol. The molecule has 1 atom stereocenters. The molecule has 0 aliphatic carbocycles. The number of amides is 3. The molecule has 10 heteroatoms. The molecule has 180 valence electrons. The smallest absolute Gasteiger partial charge is 0.333 e. The maximum Gasteiger partial charge on any atom is 0.416 e. The minimum atomic E-state index is -4.42. The number of benzene rings is 2. The van der Waals surface area contributed by atoms with Crippen molar-refractivity contribution >= 4 is 17.7 Å². The third-order valence-corrected chi connectivity index (χ3v) is 6.49. The number of imidazole rings is 1. The molecule has 35 heavy (non-hydrogen) atoms. The molecule has 0 radical (unpaired) electrons.